The third-order valence-corrected chi connectivity index (χ3v) is 9.68. The number of ether oxygens (including phenoxy) is 1. The number of Topliss-reactive ketones (excluding diaryl/α,β-unsaturated/α-hetero) is 1. The molecule has 0 aliphatic heterocycles. The van der Waals surface area contributed by atoms with E-state index in [4.69, 9.17) is 4.74 Å². The standard InChI is InChI=1S/C23H36O4/c1-14(24)23(26)12-9-20-18-6-5-16-13-17(27-15(2)25)7-10-21(16,3)19(18)8-11-22(20,23)4/h16-20,26H,5-13H2,1-4H3/t16-,17-,18-,19+,20+,21-,22-,23+/m0/s1. The summed E-state index contributed by atoms with van der Waals surface area (Å²) in [5, 5.41) is 11.2. The lowest BCUT2D eigenvalue weighted by molar-refractivity contribution is -0.175. The van der Waals surface area contributed by atoms with Gasteiger partial charge >= 0.3 is 5.97 Å². The number of fused-ring (bicyclic) bond motifs is 5. The summed E-state index contributed by atoms with van der Waals surface area (Å²) < 4.78 is 5.55. The maximum absolute atomic E-state index is 12.3. The van der Waals surface area contributed by atoms with E-state index in [0.717, 1.165) is 38.5 Å². The minimum Gasteiger partial charge on any atom is -0.463 e. The molecule has 4 aliphatic carbocycles. The van der Waals surface area contributed by atoms with Gasteiger partial charge in [0, 0.05) is 12.3 Å². The van der Waals surface area contributed by atoms with Crippen LogP contribution in [0.25, 0.3) is 0 Å². The average molecular weight is 377 g/mol. The van der Waals surface area contributed by atoms with Gasteiger partial charge in [0.2, 0.25) is 0 Å². The van der Waals surface area contributed by atoms with E-state index < -0.39 is 5.60 Å². The molecule has 0 radical (unpaired) electrons. The van der Waals surface area contributed by atoms with Crippen LogP contribution >= 0.6 is 0 Å². The lowest BCUT2D eigenvalue weighted by atomic mass is 9.44. The molecule has 4 aliphatic rings. The normalized spacial score (nSPS) is 51.7. The average Bonchev–Trinajstić information content (AvgIpc) is 2.87. The van der Waals surface area contributed by atoms with Crippen molar-refractivity contribution in [1.29, 1.82) is 0 Å². The van der Waals surface area contributed by atoms with Gasteiger partial charge in [-0.3, -0.25) is 9.59 Å². The molecule has 0 amide bonds. The molecule has 4 nitrogen and oxygen atoms in total. The van der Waals surface area contributed by atoms with Crippen molar-refractivity contribution in [2.24, 2.45) is 34.5 Å². The molecule has 4 rings (SSSR count). The molecule has 27 heavy (non-hydrogen) atoms. The molecule has 4 saturated carbocycles. The molecule has 0 heterocycles. The minimum atomic E-state index is -1.12. The quantitative estimate of drug-likeness (QED) is 0.731. The van der Waals surface area contributed by atoms with Crippen LogP contribution in [0.15, 0.2) is 0 Å². The Bertz CT molecular complexity index is 644. The summed E-state index contributed by atoms with van der Waals surface area (Å²) in [6.07, 6.45) is 9.34. The number of rotatable bonds is 2. The summed E-state index contributed by atoms with van der Waals surface area (Å²) in [4.78, 5) is 23.7. The Morgan fingerprint density at radius 1 is 0.926 bits per heavy atom. The maximum atomic E-state index is 12.3. The van der Waals surface area contributed by atoms with Gasteiger partial charge in [0.15, 0.2) is 5.78 Å². The van der Waals surface area contributed by atoms with Crippen molar-refractivity contribution in [2.75, 3.05) is 0 Å². The number of hydrogen-bond acceptors (Lipinski definition) is 4. The zero-order valence-electron chi connectivity index (χ0n) is 17.4. The smallest absolute Gasteiger partial charge is 0.302 e. The highest BCUT2D eigenvalue weighted by Crippen LogP contribution is 2.68. The van der Waals surface area contributed by atoms with Crippen molar-refractivity contribution in [3.8, 4) is 0 Å². The maximum Gasteiger partial charge on any atom is 0.302 e. The van der Waals surface area contributed by atoms with Crippen LogP contribution in [0.5, 0.6) is 0 Å². The van der Waals surface area contributed by atoms with Crippen LogP contribution in [0.1, 0.15) is 85.5 Å². The van der Waals surface area contributed by atoms with E-state index in [1.54, 1.807) is 6.92 Å². The molecule has 0 aromatic heterocycles. The second kappa shape index (κ2) is 6.30. The van der Waals surface area contributed by atoms with E-state index in [9.17, 15) is 14.7 Å². The van der Waals surface area contributed by atoms with Gasteiger partial charge in [-0.05, 0) is 93.8 Å². The van der Waals surface area contributed by atoms with Gasteiger partial charge in [-0.1, -0.05) is 13.8 Å². The fourth-order valence-electron chi connectivity index (χ4n) is 8.15. The summed E-state index contributed by atoms with van der Waals surface area (Å²) in [6, 6.07) is 0. The van der Waals surface area contributed by atoms with Gasteiger partial charge in [-0.2, -0.15) is 0 Å². The topological polar surface area (TPSA) is 63.6 Å². The minimum absolute atomic E-state index is 0.0345. The molecular formula is C23H36O4. The molecular weight excluding hydrogens is 340 g/mol. The van der Waals surface area contributed by atoms with E-state index in [1.807, 2.05) is 0 Å². The largest absolute Gasteiger partial charge is 0.463 e. The van der Waals surface area contributed by atoms with Gasteiger partial charge in [0.1, 0.15) is 11.7 Å². The molecule has 0 saturated heterocycles. The van der Waals surface area contributed by atoms with Crippen LogP contribution in [0, 0.1) is 34.5 Å². The van der Waals surface area contributed by atoms with Crippen molar-refractivity contribution in [2.45, 2.75) is 97.2 Å². The first-order valence-corrected chi connectivity index (χ1v) is 11.0. The predicted molar refractivity (Wildman–Crippen MR) is 103 cm³/mol. The first-order valence-electron chi connectivity index (χ1n) is 11.0. The highest BCUT2D eigenvalue weighted by Gasteiger charge is 2.66. The monoisotopic (exact) mass is 376 g/mol. The molecule has 152 valence electrons. The molecule has 1 N–H and O–H groups in total. The first kappa shape index (κ1) is 19.4. The lowest BCUT2D eigenvalue weighted by Crippen LogP contribution is -2.58. The molecule has 4 heteroatoms. The second-order valence-corrected chi connectivity index (χ2v) is 10.6. The fraction of sp³-hybridized carbons (Fsp3) is 0.913. The zero-order valence-corrected chi connectivity index (χ0v) is 17.4. The molecule has 0 bridgehead atoms. The molecule has 0 unspecified atom stereocenters. The Balaban J connectivity index is 1.56. The molecule has 0 aromatic rings. The third kappa shape index (κ3) is 2.65. The number of carbonyl (C=O) groups is 2. The summed E-state index contributed by atoms with van der Waals surface area (Å²) in [7, 11) is 0. The van der Waals surface area contributed by atoms with Crippen LogP contribution in [0.3, 0.4) is 0 Å². The van der Waals surface area contributed by atoms with Crippen LogP contribution in [-0.2, 0) is 14.3 Å². The zero-order chi connectivity index (χ0) is 19.6. The van der Waals surface area contributed by atoms with Crippen molar-refractivity contribution in [3.63, 3.8) is 0 Å². The highest BCUT2D eigenvalue weighted by molar-refractivity contribution is 5.86. The Kier molecular flexibility index (Phi) is 4.53. The van der Waals surface area contributed by atoms with E-state index in [2.05, 4.69) is 13.8 Å². The SMILES string of the molecule is CC(=O)O[C@H]1CC[C@@]2(C)[C@@H](CC[C@H]3[C@H]2CC[C@@]2(C)[C@@H]3CC[C@@]2(O)C(C)=O)C1. The van der Waals surface area contributed by atoms with Gasteiger partial charge in [0.25, 0.3) is 0 Å². The number of hydrogen-bond donors (Lipinski definition) is 1. The van der Waals surface area contributed by atoms with Crippen molar-refractivity contribution >= 4 is 11.8 Å². The molecule has 0 aromatic carbocycles. The molecule has 8 atom stereocenters. The van der Waals surface area contributed by atoms with Crippen LogP contribution < -0.4 is 0 Å². The van der Waals surface area contributed by atoms with Crippen LogP contribution in [0.4, 0.5) is 0 Å². The summed E-state index contributed by atoms with van der Waals surface area (Å²) in [5.41, 5.74) is -1.05. The van der Waals surface area contributed by atoms with E-state index in [-0.39, 0.29) is 23.3 Å². The summed E-state index contributed by atoms with van der Waals surface area (Å²) >= 11 is 0. The van der Waals surface area contributed by atoms with Gasteiger partial charge in [-0.25, -0.2) is 0 Å². The van der Waals surface area contributed by atoms with Crippen molar-refractivity contribution < 1.29 is 19.4 Å². The number of aliphatic hydroxyl groups is 1. The fourth-order valence-corrected chi connectivity index (χ4v) is 8.15. The van der Waals surface area contributed by atoms with Gasteiger partial charge < -0.3 is 9.84 Å². The van der Waals surface area contributed by atoms with E-state index >= 15 is 0 Å². The number of esters is 1. The molecule has 0 spiro atoms. The second-order valence-electron chi connectivity index (χ2n) is 10.6. The first-order chi connectivity index (χ1) is 12.6. The highest BCUT2D eigenvalue weighted by atomic mass is 16.5. The third-order valence-electron chi connectivity index (χ3n) is 9.68. The Morgan fingerprint density at radius 2 is 1.63 bits per heavy atom. The Labute approximate surface area is 163 Å². The van der Waals surface area contributed by atoms with Crippen molar-refractivity contribution in [1.82, 2.24) is 0 Å². The van der Waals surface area contributed by atoms with Gasteiger partial charge in [0.05, 0.1) is 0 Å². The van der Waals surface area contributed by atoms with E-state index in [1.165, 1.54) is 19.8 Å². The Hall–Kier alpha value is -0.900. The predicted octanol–water partition coefficient (Wildman–Crippen LogP) is 4.28. The van der Waals surface area contributed by atoms with Gasteiger partial charge in [-0.15, -0.1) is 0 Å². The van der Waals surface area contributed by atoms with Crippen LogP contribution in [0.2, 0.25) is 0 Å². The van der Waals surface area contributed by atoms with Crippen molar-refractivity contribution in [3.05, 3.63) is 0 Å². The van der Waals surface area contributed by atoms with E-state index in [0.29, 0.717) is 35.5 Å². The number of carbonyl (C=O) groups excluding carboxylic acids is 2. The van der Waals surface area contributed by atoms with Crippen LogP contribution in [-0.4, -0.2) is 28.6 Å². The summed E-state index contributed by atoms with van der Waals surface area (Å²) in [6.45, 7) is 7.76. The lowest BCUT2D eigenvalue weighted by Gasteiger charge is -2.61. The number of ketones is 1. The molecule has 4 fully saturated rings. The Morgan fingerprint density at radius 3 is 2.30 bits per heavy atom. The summed E-state index contributed by atoms with van der Waals surface area (Å²) in [5.74, 6) is 2.22.